The summed E-state index contributed by atoms with van der Waals surface area (Å²) in [6.07, 6.45) is 3.23. The normalized spacial score (nSPS) is 12.0. The van der Waals surface area contributed by atoms with Crippen molar-refractivity contribution in [1.82, 2.24) is 0 Å². The van der Waals surface area contributed by atoms with Gasteiger partial charge in [-0.1, -0.05) is 0 Å². The van der Waals surface area contributed by atoms with Crippen molar-refractivity contribution < 1.29 is 19.7 Å². The van der Waals surface area contributed by atoms with E-state index >= 15 is 0 Å². The molecule has 0 atom stereocenters. The van der Waals surface area contributed by atoms with Crippen LogP contribution in [0.2, 0.25) is 0 Å². The Morgan fingerprint density at radius 2 is 1.27 bits per heavy atom. The first-order chi connectivity index (χ1) is 7.24. The molecule has 0 rings (SSSR count). The summed E-state index contributed by atoms with van der Waals surface area (Å²) in [5, 5.41) is 17.7. The molecule has 0 aliphatic rings. The van der Waals surface area contributed by atoms with Gasteiger partial charge in [-0.2, -0.15) is 0 Å². The predicted molar refractivity (Wildman–Crippen MR) is 58.8 cm³/mol. The minimum Gasteiger partial charge on any atom is -0.396 e. The third-order valence-electron chi connectivity index (χ3n) is 2.63. The van der Waals surface area contributed by atoms with Gasteiger partial charge < -0.3 is 19.7 Å². The summed E-state index contributed by atoms with van der Waals surface area (Å²) in [6.45, 7) is 1.60. The van der Waals surface area contributed by atoms with Crippen molar-refractivity contribution >= 4 is 0 Å². The van der Waals surface area contributed by atoms with Gasteiger partial charge in [0.15, 0.2) is 0 Å². The van der Waals surface area contributed by atoms with Crippen LogP contribution in [0.15, 0.2) is 0 Å². The van der Waals surface area contributed by atoms with E-state index in [1.807, 2.05) is 0 Å². The average Bonchev–Trinajstić information content (AvgIpc) is 2.24. The molecule has 0 unspecified atom stereocenters. The van der Waals surface area contributed by atoms with Gasteiger partial charge in [0.2, 0.25) is 0 Å². The second-order valence-electron chi connectivity index (χ2n) is 4.02. The first-order valence-electron chi connectivity index (χ1n) is 5.44. The van der Waals surface area contributed by atoms with Crippen LogP contribution in [-0.4, -0.2) is 50.9 Å². The van der Waals surface area contributed by atoms with Crippen molar-refractivity contribution in [2.24, 2.45) is 5.41 Å². The maximum atomic E-state index is 8.86. The summed E-state index contributed by atoms with van der Waals surface area (Å²) in [4.78, 5) is 0. The molecule has 0 radical (unpaired) electrons. The third kappa shape index (κ3) is 6.10. The van der Waals surface area contributed by atoms with Crippen LogP contribution in [0.3, 0.4) is 0 Å². The van der Waals surface area contributed by atoms with E-state index in [1.165, 1.54) is 0 Å². The predicted octanol–water partition coefficient (Wildman–Crippen LogP) is 0.811. The van der Waals surface area contributed by atoms with Gasteiger partial charge in [-0.05, 0) is 25.7 Å². The van der Waals surface area contributed by atoms with Gasteiger partial charge in [-0.15, -0.1) is 0 Å². The molecular formula is C11H24O4. The summed E-state index contributed by atoms with van der Waals surface area (Å²) >= 11 is 0. The molecule has 15 heavy (non-hydrogen) atoms. The van der Waals surface area contributed by atoms with Crippen molar-refractivity contribution in [1.29, 1.82) is 0 Å². The molecule has 0 amide bonds. The van der Waals surface area contributed by atoms with Gasteiger partial charge in [0.25, 0.3) is 0 Å². The number of aliphatic hydroxyl groups is 2. The smallest absolute Gasteiger partial charge is 0.0540 e. The fraction of sp³-hybridized carbons (Fsp3) is 1.00. The third-order valence-corrected chi connectivity index (χ3v) is 2.63. The first kappa shape index (κ1) is 14.8. The average molecular weight is 220 g/mol. The number of ether oxygens (including phenoxy) is 2. The second kappa shape index (κ2) is 9.09. The summed E-state index contributed by atoms with van der Waals surface area (Å²) in [6, 6.07) is 0. The molecule has 4 nitrogen and oxygen atoms in total. The van der Waals surface area contributed by atoms with E-state index in [0.717, 1.165) is 25.7 Å². The topological polar surface area (TPSA) is 58.9 Å². The molecule has 0 aromatic rings. The Hall–Kier alpha value is -0.160. The molecule has 0 saturated carbocycles. The Morgan fingerprint density at radius 1 is 0.867 bits per heavy atom. The molecule has 0 bridgehead atoms. The summed E-state index contributed by atoms with van der Waals surface area (Å²) in [7, 11) is 3.34. The Morgan fingerprint density at radius 3 is 1.53 bits per heavy atom. The van der Waals surface area contributed by atoms with Crippen molar-refractivity contribution in [3.63, 3.8) is 0 Å². The van der Waals surface area contributed by atoms with Crippen molar-refractivity contribution in [2.45, 2.75) is 25.7 Å². The zero-order valence-electron chi connectivity index (χ0n) is 9.87. The van der Waals surface area contributed by atoms with Crippen molar-refractivity contribution in [3.8, 4) is 0 Å². The van der Waals surface area contributed by atoms with Crippen LogP contribution in [0.25, 0.3) is 0 Å². The van der Waals surface area contributed by atoms with Crippen molar-refractivity contribution in [2.75, 3.05) is 40.6 Å². The van der Waals surface area contributed by atoms with Crippen LogP contribution in [0.4, 0.5) is 0 Å². The first-order valence-corrected chi connectivity index (χ1v) is 5.44. The molecule has 0 spiro atoms. The van der Waals surface area contributed by atoms with E-state index < -0.39 is 0 Å². The van der Waals surface area contributed by atoms with Gasteiger partial charge in [-0.3, -0.25) is 0 Å². The van der Waals surface area contributed by atoms with Crippen LogP contribution in [0, 0.1) is 5.41 Å². The Balaban J connectivity index is 4.26. The highest BCUT2D eigenvalue weighted by Crippen LogP contribution is 2.30. The lowest BCUT2D eigenvalue weighted by atomic mass is 9.80. The molecule has 92 valence electrons. The molecule has 0 aliphatic heterocycles. The maximum Gasteiger partial charge on any atom is 0.0540 e. The number of rotatable bonds is 10. The van der Waals surface area contributed by atoms with Gasteiger partial charge in [0, 0.05) is 32.8 Å². The van der Waals surface area contributed by atoms with Crippen LogP contribution in [0.5, 0.6) is 0 Å². The van der Waals surface area contributed by atoms with Crippen LogP contribution < -0.4 is 0 Å². The quantitative estimate of drug-likeness (QED) is 0.572. The number of methoxy groups -OCH3 is 2. The molecule has 2 N–H and O–H groups in total. The molecule has 0 saturated heterocycles. The summed E-state index contributed by atoms with van der Waals surface area (Å²) in [5.41, 5.74) is -0.0606. The van der Waals surface area contributed by atoms with Gasteiger partial charge in [0.05, 0.1) is 13.2 Å². The molecule has 0 heterocycles. The summed E-state index contributed by atoms with van der Waals surface area (Å²) in [5.74, 6) is 0. The van der Waals surface area contributed by atoms with E-state index in [9.17, 15) is 0 Å². The van der Waals surface area contributed by atoms with Gasteiger partial charge in [-0.25, -0.2) is 0 Å². The lowest BCUT2D eigenvalue weighted by molar-refractivity contribution is -0.00841. The highest BCUT2D eigenvalue weighted by atomic mass is 16.5. The lowest BCUT2D eigenvalue weighted by Gasteiger charge is -2.32. The minimum absolute atomic E-state index is 0.0606. The number of hydrogen-bond donors (Lipinski definition) is 2. The Bertz CT molecular complexity index is 123. The molecule has 4 heteroatoms. The molecule has 0 aliphatic carbocycles. The molecular weight excluding hydrogens is 196 g/mol. The largest absolute Gasteiger partial charge is 0.396 e. The van der Waals surface area contributed by atoms with E-state index in [2.05, 4.69) is 0 Å². The highest BCUT2D eigenvalue weighted by Gasteiger charge is 2.29. The Labute approximate surface area is 92.2 Å². The molecule has 0 aromatic carbocycles. The van der Waals surface area contributed by atoms with Gasteiger partial charge >= 0.3 is 0 Å². The zero-order valence-corrected chi connectivity index (χ0v) is 9.87. The van der Waals surface area contributed by atoms with E-state index in [-0.39, 0.29) is 18.6 Å². The van der Waals surface area contributed by atoms with E-state index in [1.54, 1.807) is 14.2 Å². The second-order valence-corrected chi connectivity index (χ2v) is 4.02. The fourth-order valence-electron chi connectivity index (χ4n) is 1.98. The Kier molecular flexibility index (Phi) is 9.00. The maximum absolute atomic E-state index is 8.86. The van der Waals surface area contributed by atoms with E-state index in [0.29, 0.717) is 13.2 Å². The van der Waals surface area contributed by atoms with Crippen molar-refractivity contribution in [3.05, 3.63) is 0 Å². The molecule has 0 aromatic heterocycles. The standard InChI is InChI=1S/C11H24O4/c1-14-9-11(10-15-2,5-3-7-12)6-4-8-13/h12-13H,3-10H2,1-2H3. The van der Waals surface area contributed by atoms with Gasteiger partial charge in [0.1, 0.15) is 0 Å². The SMILES string of the molecule is COCC(CCCO)(CCCO)COC. The number of aliphatic hydroxyl groups excluding tert-OH is 2. The monoisotopic (exact) mass is 220 g/mol. The minimum atomic E-state index is -0.0606. The van der Waals surface area contributed by atoms with Crippen LogP contribution in [-0.2, 0) is 9.47 Å². The molecule has 0 fully saturated rings. The van der Waals surface area contributed by atoms with Crippen LogP contribution in [0.1, 0.15) is 25.7 Å². The number of hydrogen-bond acceptors (Lipinski definition) is 4. The van der Waals surface area contributed by atoms with Crippen LogP contribution >= 0.6 is 0 Å². The summed E-state index contributed by atoms with van der Waals surface area (Å²) < 4.78 is 10.4. The van der Waals surface area contributed by atoms with E-state index in [4.69, 9.17) is 19.7 Å². The lowest BCUT2D eigenvalue weighted by Crippen LogP contribution is -2.32. The highest BCUT2D eigenvalue weighted by molar-refractivity contribution is 4.79. The zero-order chi connectivity index (χ0) is 11.6. The fourth-order valence-corrected chi connectivity index (χ4v) is 1.98.